The number of nitrogens with two attached hydrogens (primary N) is 1. The summed E-state index contributed by atoms with van der Waals surface area (Å²) in [6.45, 7) is 2.70. The third-order valence-electron chi connectivity index (χ3n) is 9.95. The number of unbranched alkanes of at least 4 members (excludes halogenated alkanes) is 17. The van der Waals surface area contributed by atoms with Crippen molar-refractivity contribution in [3.63, 3.8) is 0 Å². The fourth-order valence-electron chi connectivity index (χ4n) is 6.21. The Labute approximate surface area is 356 Å². The Bertz CT molecular complexity index is 1250. The molecule has 1 aliphatic rings. The first-order chi connectivity index (χ1) is 28.6. The zero-order chi connectivity index (χ0) is 43.2. The van der Waals surface area contributed by atoms with E-state index >= 15 is 0 Å². The van der Waals surface area contributed by atoms with E-state index in [-0.39, 0.29) is 19.4 Å². The molecule has 0 bridgehead atoms. The van der Waals surface area contributed by atoms with Gasteiger partial charge in [-0.1, -0.05) is 140 Å². The van der Waals surface area contributed by atoms with Crippen molar-refractivity contribution in [3.05, 3.63) is 48.6 Å². The van der Waals surface area contributed by atoms with Crippen LogP contribution in [-0.4, -0.2) is 72.1 Å². The Morgan fingerprint density at radius 3 is 1.69 bits per heavy atom. The van der Waals surface area contributed by atoms with Gasteiger partial charge in [0.2, 0.25) is 0 Å². The van der Waals surface area contributed by atoms with E-state index in [2.05, 4.69) is 60.9 Å². The highest BCUT2D eigenvalue weighted by Crippen LogP contribution is 2.43. The average molecular weight is 854 g/mol. The largest absolute Gasteiger partial charge is 0.480 e. The van der Waals surface area contributed by atoms with Gasteiger partial charge in [-0.2, -0.15) is 0 Å². The van der Waals surface area contributed by atoms with E-state index in [1.165, 1.54) is 77.0 Å². The van der Waals surface area contributed by atoms with Gasteiger partial charge in [0, 0.05) is 12.8 Å². The van der Waals surface area contributed by atoms with Gasteiger partial charge in [-0.3, -0.25) is 23.4 Å². The molecule has 1 aliphatic heterocycles. The molecule has 1 heterocycles. The number of phosphoric ester groups is 1. The molecule has 0 aliphatic carbocycles. The summed E-state index contributed by atoms with van der Waals surface area (Å²) < 4.78 is 38.4. The molecule has 0 aromatic carbocycles. The SMILES string of the molecule is CCCCC/C=C\CC1OC1C/C=C\C/C=C\CCCC(=O)OC[C@H](COP(=O)(O)OC[C@H](N)C(=O)O)OC(=O)CCCCCCCCC/C=C\CCCCCCCC. The van der Waals surface area contributed by atoms with Gasteiger partial charge in [0.05, 0.1) is 25.4 Å². The summed E-state index contributed by atoms with van der Waals surface area (Å²) >= 11 is 0. The third-order valence-corrected chi connectivity index (χ3v) is 10.9. The molecular weight excluding hydrogens is 773 g/mol. The van der Waals surface area contributed by atoms with Crippen LogP contribution in [0.5, 0.6) is 0 Å². The molecule has 5 atom stereocenters. The smallest absolute Gasteiger partial charge is 0.472 e. The van der Waals surface area contributed by atoms with Gasteiger partial charge in [-0.25, -0.2) is 4.57 Å². The second-order valence-electron chi connectivity index (χ2n) is 15.6. The average Bonchev–Trinajstić information content (AvgIpc) is 3.97. The second kappa shape index (κ2) is 37.2. The van der Waals surface area contributed by atoms with Crippen LogP contribution in [0.15, 0.2) is 48.6 Å². The molecule has 13 heteroatoms. The first-order valence-electron chi connectivity index (χ1n) is 22.8. The highest BCUT2D eigenvalue weighted by Gasteiger charge is 2.36. The Kier molecular flexibility index (Phi) is 34.3. The number of esters is 2. The van der Waals surface area contributed by atoms with Gasteiger partial charge in [-0.05, 0) is 77.0 Å². The lowest BCUT2D eigenvalue weighted by Crippen LogP contribution is -2.34. The van der Waals surface area contributed by atoms with Crippen LogP contribution in [0.2, 0.25) is 0 Å². The lowest BCUT2D eigenvalue weighted by atomic mass is 10.1. The highest BCUT2D eigenvalue weighted by molar-refractivity contribution is 7.47. The summed E-state index contributed by atoms with van der Waals surface area (Å²) in [5.41, 5.74) is 5.33. The molecule has 0 amide bonds. The van der Waals surface area contributed by atoms with Crippen molar-refractivity contribution in [1.29, 1.82) is 0 Å². The van der Waals surface area contributed by atoms with Gasteiger partial charge in [0.15, 0.2) is 6.10 Å². The van der Waals surface area contributed by atoms with E-state index in [9.17, 15) is 23.8 Å². The zero-order valence-electron chi connectivity index (χ0n) is 36.5. The molecule has 0 radical (unpaired) electrons. The number of carbonyl (C=O) groups excluding carboxylic acids is 2. The van der Waals surface area contributed by atoms with Crippen LogP contribution in [0, 0.1) is 0 Å². The molecule has 59 heavy (non-hydrogen) atoms. The Hall–Kier alpha value is -2.60. The first kappa shape index (κ1) is 54.4. The van der Waals surface area contributed by atoms with Gasteiger partial charge in [0.1, 0.15) is 12.6 Å². The minimum Gasteiger partial charge on any atom is -0.480 e. The van der Waals surface area contributed by atoms with Gasteiger partial charge >= 0.3 is 25.7 Å². The summed E-state index contributed by atoms with van der Waals surface area (Å²) in [6, 6.07) is -1.53. The molecule has 1 rings (SSSR count). The van der Waals surface area contributed by atoms with Crippen molar-refractivity contribution in [2.24, 2.45) is 5.73 Å². The number of carboxylic acids is 1. The van der Waals surface area contributed by atoms with Crippen LogP contribution in [-0.2, 0) is 42.2 Å². The van der Waals surface area contributed by atoms with Gasteiger partial charge in [0.25, 0.3) is 0 Å². The van der Waals surface area contributed by atoms with E-state index in [4.69, 9.17) is 29.6 Å². The normalized spacial score (nSPS) is 17.6. The van der Waals surface area contributed by atoms with E-state index in [0.29, 0.717) is 31.5 Å². The summed E-state index contributed by atoms with van der Waals surface area (Å²) in [5, 5.41) is 8.90. The lowest BCUT2D eigenvalue weighted by molar-refractivity contribution is -0.161. The van der Waals surface area contributed by atoms with Crippen molar-refractivity contribution in [1.82, 2.24) is 0 Å². The van der Waals surface area contributed by atoms with Gasteiger partial charge in [-0.15, -0.1) is 0 Å². The molecule has 12 nitrogen and oxygen atoms in total. The monoisotopic (exact) mass is 854 g/mol. The van der Waals surface area contributed by atoms with Crippen LogP contribution >= 0.6 is 7.82 Å². The molecule has 4 N–H and O–H groups in total. The Morgan fingerprint density at radius 1 is 0.610 bits per heavy atom. The summed E-state index contributed by atoms with van der Waals surface area (Å²) in [5.74, 6) is -2.46. The topological polar surface area (TPSA) is 184 Å². The predicted octanol–water partition coefficient (Wildman–Crippen LogP) is 11.2. The van der Waals surface area contributed by atoms with E-state index in [1.54, 1.807) is 0 Å². The zero-order valence-corrected chi connectivity index (χ0v) is 37.4. The fourth-order valence-corrected chi connectivity index (χ4v) is 6.99. The number of allylic oxidation sites excluding steroid dienone is 6. The second-order valence-corrected chi connectivity index (χ2v) is 17.0. The number of rotatable bonds is 41. The summed E-state index contributed by atoms with van der Waals surface area (Å²) in [4.78, 5) is 46.0. The minimum absolute atomic E-state index is 0.139. The standard InChI is InChI=1S/C46H80NO11P/c1-3-5-7-9-11-12-13-14-15-16-17-18-19-20-23-28-32-36-45(49)57-40(38-55-59(52,53)56-39-41(47)46(50)51)37-54-44(48)35-31-27-24-21-22-26-30-34-43-42(58-43)33-29-25-10-8-6-4-2/h14-15,21,24-26,29-30,40-43H,3-13,16-20,22-23,27-28,31-39,47H2,1-2H3,(H,50,51)(H,52,53)/b15-14-,24-21-,29-25-,30-26-/t40-,41+,42?,43?/m1/s1. The van der Waals surface area contributed by atoms with E-state index in [1.807, 2.05) is 6.08 Å². The van der Waals surface area contributed by atoms with Crippen molar-refractivity contribution >= 4 is 25.7 Å². The number of hydrogen-bond acceptors (Lipinski definition) is 10. The number of carboxylic acid groups (broad SMARTS) is 1. The summed E-state index contributed by atoms with van der Waals surface area (Å²) in [7, 11) is -4.74. The maximum atomic E-state index is 12.6. The van der Waals surface area contributed by atoms with Crippen molar-refractivity contribution < 1.29 is 52.2 Å². The quantitative estimate of drug-likeness (QED) is 0.0174. The number of phosphoric acid groups is 1. The predicted molar refractivity (Wildman–Crippen MR) is 235 cm³/mol. The van der Waals surface area contributed by atoms with E-state index in [0.717, 1.165) is 57.8 Å². The fraction of sp³-hybridized carbons (Fsp3) is 0.761. The molecule has 0 aromatic heterocycles. The molecule has 1 saturated heterocycles. The molecule has 0 spiro atoms. The maximum absolute atomic E-state index is 12.6. The third kappa shape index (κ3) is 34.8. The Balaban J connectivity index is 2.31. The van der Waals surface area contributed by atoms with Crippen LogP contribution in [0.1, 0.15) is 181 Å². The van der Waals surface area contributed by atoms with Crippen molar-refractivity contribution in [2.45, 2.75) is 205 Å². The number of epoxide rings is 1. The molecule has 3 unspecified atom stereocenters. The summed E-state index contributed by atoms with van der Waals surface area (Å²) in [6.07, 6.45) is 43.5. The molecule has 0 aromatic rings. The number of carbonyl (C=O) groups is 3. The molecular formula is C46H80NO11P. The van der Waals surface area contributed by atoms with E-state index < -0.39 is 51.1 Å². The minimum atomic E-state index is -4.74. The molecule has 0 saturated carbocycles. The molecule has 1 fully saturated rings. The maximum Gasteiger partial charge on any atom is 0.472 e. The van der Waals surface area contributed by atoms with Crippen molar-refractivity contribution in [2.75, 3.05) is 19.8 Å². The van der Waals surface area contributed by atoms with Crippen LogP contribution < -0.4 is 5.73 Å². The van der Waals surface area contributed by atoms with Gasteiger partial charge < -0.3 is 29.9 Å². The molecule has 340 valence electrons. The highest BCUT2D eigenvalue weighted by atomic mass is 31.2. The first-order valence-corrected chi connectivity index (χ1v) is 24.3. The Morgan fingerprint density at radius 2 is 1.07 bits per heavy atom. The van der Waals surface area contributed by atoms with Crippen LogP contribution in [0.25, 0.3) is 0 Å². The van der Waals surface area contributed by atoms with Crippen LogP contribution in [0.4, 0.5) is 0 Å². The number of aliphatic carboxylic acids is 1. The lowest BCUT2D eigenvalue weighted by Gasteiger charge is -2.20. The number of hydrogen-bond donors (Lipinski definition) is 3. The van der Waals surface area contributed by atoms with Crippen molar-refractivity contribution in [3.8, 4) is 0 Å². The number of ether oxygens (including phenoxy) is 3. The van der Waals surface area contributed by atoms with Crippen LogP contribution in [0.3, 0.4) is 0 Å².